The zero-order valence-corrected chi connectivity index (χ0v) is 14.7. The summed E-state index contributed by atoms with van der Waals surface area (Å²) in [4.78, 5) is 14.5. The van der Waals surface area contributed by atoms with Gasteiger partial charge < -0.3 is 14.2 Å². The monoisotopic (exact) mass is 315 g/mol. The zero-order valence-electron chi connectivity index (χ0n) is 14.7. The maximum atomic E-state index is 10.6. The highest BCUT2D eigenvalue weighted by molar-refractivity contribution is 5.33. The van der Waals surface area contributed by atoms with E-state index in [4.69, 9.17) is 14.2 Å². The van der Waals surface area contributed by atoms with Crippen molar-refractivity contribution < 1.29 is 19.0 Å². The second-order valence-electron chi connectivity index (χ2n) is 5.64. The highest BCUT2D eigenvalue weighted by atomic mass is 16.9. The van der Waals surface area contributed by atoms with Gasteiger partial charge in [0.15, 0.2) is 0 Å². The molecule has 0 aromatic carbocycles. The van der Waals surface area contributed by atoms with Crippen molar-refractivity contribution in [3.05, 3.63) is 0 Å². The van der Waals surface area contributed by atoms with E-state index in [1.807, 2.05) is 0 Å². The summed E-state index contributed by atoms with van der Waals surface area (Å²) >= 11 is 0. The quantitative estimate of drug-likeness (QED) is 0.197. The molecule has 0 N–H and O–H groups in total. The minimum atomic E-state index is -1.13. The lowest BCUT2D eigenvalue weighted by Crippen LogP contribution is -2.39. The van der Waals surface area contributed by atoms with Gasteiger partial charge >= 0.3 is 0 Å². The molecule has 0 aliphatic rings. The minimum absolute atomic E-state index is 0.183. The van der Waals surface area contributed by atoms with Crippen LogP contribution in [-0.4, -0.2) is 39.4 Å². The summed E-state index contributed by atoms with van der Waals surface area (Å²) in [5, 5.41) is 0. The van der Waals surface area contributed by atoms with Gasteiger partial charge in [-0.15, -0.1) is 0 Å². The van der Waals surface area contributed by atoms with Gasteiger partial charge in [-0.2, -0.15) is 0 Å². The first-order chi connectivity index (χ1) is 10.7. The Labute approximate surface area is 135 Å². The molecule has 0 aliphatic heterocycles. The van der Waals surface area contributed by atoms with Crippen molar-refractivity contribution in [1.82, 2.24) is 0 Å². The van der Waals surface area contributed by atoms with Gasteiger partial charge in [0.05, 0.1) is 12.5 Å². The Balaban J connectivity index is 4.02. The third-order valence-corrected chi connectivity index (χ3v) is 4.04. The van der Waals surface area contributed by atoms with Crippen molar-refractivity contribution in [3.8, 4) is 0 Å². The number of ether oxygens (including phenoxy) is 3. The number of nitrogens with zero attached hydrogens (tertiary/aromatic N) is 1. The van der Waals surface area contributed by atoms with E-state index >= 15 is 0 Å². The fourth-order valence-electron chi connectivity index (χ4n) is 2.59. The van der Waals surface area contributed by atoms with Gasteiger partial charge in [-0.05, 0) is 6.42 Å². The summed E-state index contributed by atoms with van der Waals surface area (Å²) in [7, 11) is 4.56. The van der Waals surface area contributed by atoms with E-state index in [-0.39, 0.29) is 6.04 Å². The molecular weight excluding hydrogens is 282 g/mol. The van der Waals surface area contributed by atoms with Crippen LogP contribution in [0, 0.1) is 0 Å². The number of hydrogen-bond acceptors (Lipinski definition) is 5. The number of unbranched alkanes of at least 4 members (excludes halogenated alkanes) is 7. The van der Waals surface area contributed by atoms with E-state index in [1.165, 1.54) is 59.9 Å². The Kier molecular flexibility index (Phi) is 13.4. The Hall–Kier alpha value is -0.740. The average molecular weight is 315 g/mol. The maximum Gasteiger partial charge on any atom is 0.284 e. The van der Waals surface area contributed by atoms with Crippen molar-refractivity contribution >= 4 is 6.08 Å². The van der Waals surface area contributed by atoms with Crippen LogP contribution >= 0.6 is 0 Å². The topological polar surface area (TPSA) is 57.1 Å². The summed E-state index contributed by atoms with van der Waals surface area (Å²) in [6, 6.07) is -0.183. The SMILES string of the molecule is CCCCCCCCCCC(CC(OC)(OC)OC)N=C=O. The van der Waals surface area contributed by atoms with Crippen LogP contribution < -0.4 is 0 Å². The van der Waals surface area contributed by atoms with Crippen molar-refractivity contribution in [3.63, 3.8) is 0 Å². The lowest BCUT2D eigenvalue weighted by molar-refractivity contribution is -0.356. The number of hydrogen-bond donors (Lipinski definition) is 0. The zero-order chi connectivity index (χ0) is 16.7. The Morgan fingerprint density at radius 2 is 1.41 bits per heavy atom. The molecule has 0 radical (unpaired) electrons. The summed E-state index contributed by atoms with van der Waals surface area (Å²) < 4.78 is 15.8. The van der Waals surface area contributed by atoms with E-state index in [0.717, 1.165) is 19.3 Å². The second-order valence-corrected chi connectivity index (χ2v) is 5.64. The highest BCUT2D eigenvalue weighted by Crippen LogP contribution is 2.24. The molecule has 0 rings (SSSR count). The number of methoxy groups -OCH3 is 3. The van der Waals surface area contributed by atoms with Gasteiger partial charge in [0.2, 0.25) is 6.08 Å². The van der Waals surface area contributed by atoms with Crippen LogP contribution in [0.2, 0.25) is 0 Å². The molecule has 0 aromatic heterocycles. The Bertz CT molecular complexity index is 291. The first kappa shape index (κ1) is 21.3. The third-order valence-electron chi connectivity index (χ3n) is 4.04. The van der Waals surface area contributed by atoms with E-state index in [9.17, 15) is 4.79 Å². The van der Waals surface area contributed by atoms with E-state index < -0.39 is 5.97 Å². The Morgan fingerprint density at radius 1 is 0.909 bits per heavy atom. The first-order valence-electron chi connectivity index (χ1n) is 8.40. The minimum Gasteiger partial charge on any atom is -0.331 e. The van der Waals surface area contributed by atoms with Gasteiger partial charge in [-0.3, -0.25) is 0 Å². The van der Waals surface area contributed by atoms with E-state index in [2.05, 4.69) is 11.9 Å². The predicted octanol–water partition coefficient (Wildman–Crippen LogP) is 4.20. The number of rotatable bonds is 15. The molecule has 0 saturated heterocycles. The Morgan fingerprint density at radius 3 is 1.86 bits per heavy atom. The molecule has 5 nitrogen and oxygen atoms in total. The summed E-state index contributed by atoms with van der Waals surface area (Å²) in [5.41, 5.74) is 0. The van der Waals surface area contributed by atoms with Crippen molar-refractivity contribution in [2.24, 2.45) is 4.99 Å². The van der Waals surface area contributed by atoms with Crippen molar-refractivity contribution in [2.45, 2.75) is 83.1 Å². The molecule has 0 fully saturated rings. The summed E-state index contributed by atoms with van der Waals surface area (Å²) in [6.45, 7) is 2.23. The molecular formula is C17H33NO4. The standard InChI is InChI=1S/C17H33NO4/c1-5-6-7-8-9-10-11-12-13-16(18-15-19)14-17(20-2,21-3)22-4/h16H,5-14H2,1-4H3. The first-order valence-corrected chi connectivity index (χ1v) is 8.40. The number of isocyanates is 1. The van der Waals surface area contributed by atoms with E-state index in [0.29, 0.717) is 6.42 Å². The predicted molar refractivity (Wildman–Crippen MR) is 87.5 cm³/mol. The van der Waals surface area contributed by atoms with Gasteiger partial charge in [0.1, 0.15) is 0 Å². The molecule has 0 heterocycles. The van der Waals surface area contributed by atoms with Gasteiger partial charge in [0, 0.05) is 21.3 Å². The van der Waals surface area contributed by atoms with Crippen LogP contribution in [0.15, 0.2) is 4.99 Å². The van der Waals surface area contributed by atoms with Crippen LogP contribution in [-0.2, 0) is 19.0 Å². The highest BCUT2D eigenvalue weighted by Gasteiger charge is 2.33. The molecule has 0 aliphatic carbocycles. The lowest BCUT2D eigenvalue weighted by atomic mass is 10.0. The van der Waals surface area contributed by atoms with Gasteiger partial charge in [-0.1, -0.05) is 58.3 Å². The molecule has 130 valence electrons. The van der Waals surface area contributed by atoms with Crippen LogP contribution in [0.5, 0.6) is 0 Å². The number of carbonyl (C=O) groups excluding carboxylic acids is 1. The van der Waals surface area contributed by atoms with Crippen LogP contribution in [0.3, 0.4) is 0 Å². The van der Waals surface area contributed by atoms with Crippen molar-refractivity contribution in [2.75, 3.05) is 21.3 Å². The third kappa shape index (κ3) is 9.31. The molecule has 0 saturated carbocycles. The van der Waals surface area contributed by atoms with Gasteiger partial charge in [0.25, 0.3) is 5.97 Å². The smallest absolute Gasteiger partial charge is 0.284 e. The molecule has 5 heteroatoms. The fraction of sp³-hybridized carbons (Fsp3) is 0.941. The molecule has 0 spiro atoms. The summed E-state index contributed by atoms with van der Waals surface area (Å²) in [6.07, 6.45) is 12.9. The summed E-state index contributed by atoms with van der Waals surface area (Å²) in [5.74, 6) is -1.13. The molecule has 1 atom stereocenters. The van der Waals surface area contributed by atoms with Crippen LogP contribution in [0.4, 0.5) is 0 Å². The molecule has 1 unspecified atom stereocenters. The van der Waals surface area contributed by atoms with E-state index in [1.54, 1.807) is 6.08 Å². The molecule has 22 heavy (non-hydrogen) atoms. The molecule has 0 aromatic rings. The van der Waals surface area contributed by atoms with Crippen molar-refractivity contribution in [1.29, 1.82) is 0 Å². The second kappa shape index (κ2) is 13.9. The van der Waals surface area contributed by atoms with Crippen LogP contribution in [0.25, 0.3) is 0 Å². The number of aliphatic imine (C=N–C) groups is 1. The maximum absolute atomic E-state index is 10.6. The normalized spacial score (nSPS) is 12.9. The molecule has 0 bridgehead atoms. The fourth-order valence-corrected chi connectivity index (χ4v) is 2.59. The van der Waals surface area contributed by atoms with Gasteiger partial charge in [-0.25, -0.2) is 9.79 Å². The largest absolute Gasteiger partial charge is 0.331 e. The lowest BCUT2D eigenvalue weighted by Gasteiger charge is -2.30. The molecule has 0 amide bonds. The average Bonchev–Trinajstić information content (AvgIpc) is 2.55. The van der Waals surface area contributed by atoms with Crippen LogP contribution in [0.1, 0.15) is 71.1 Å².